The van der Waals surface area contributed by atoms with E-state index in [1.54, 1.807) is 0 Å². The Labute approximate surface area is 103 Å². The van der Waals surface area contributed by atoms with Gasteiger partial charge in [0, 0.05) is 13.1 Å². The van der Waals surface area contributed by atoms with Gasteiger partial charge in [0.15, 0.2) is 5.96 Å². The van der Waals surface area contributed by atoms with Gasteiger partial charge in [-0.05, 0) is 32.0 Å². The predicted molar refractivity (Wildman–Crippen MR) is 73.2 cm³/mol. The maximum Gasteiger partial charge on any atom is 0.191 e. The molecule has 0 spiro atoms. The van der Waals surface area contributed by atoms with E-state index in [0.29, 0.717) is 6.04 Å². The minimum Gasteiger partial charge on any atom is -0.370 e. The molecule has 0 aromatic heterocycles. The van der Waals surface area contributed by atoms with Crippen LogP contribution in [0.25, 0.3) is 0 Å². The summed E-state index contributed by atoms with van der Waals surface area (Å²) in [5.74, 6) is 3.14. The first-order valence-corrected chi connectivity index (χ1v) is 7.09. The zero-order valence-corrected chi connectivity index (χ0v) is 11.5. The topological polar surface area (TPSA) is 44.9 Å². The van der Waals surface area contributed by atoms with Crippen LogP contribution < -0.4 is 5.73 Å². The molecule has 0 bridgehead atoms. The highest BCUT2D eigenvalue weighted by Gasteiger charge is 2.24. The Morgan fingerprint density at radius 3 is 2.94 bits per heavy atom. The number of thioether (sulfide) groups is 1. The van der Waals surface area contributed by atoms with Crippen LogP contribution in [0, 0.1) is 0 Å². The SMILES string of the molecule is CCSCCC1CN=C(N)N1CCN(C)C. The van der Waals surface area contributed by atoms with E-state index in [1.807, 2.05) is 11.8 Å². The molecule has 0 saturated heterocycles. The normalized spacial score (nSPS) is 20.6. The molecule has 0 saturated carbocycles. The molecule has 94 valence electrons. The van der Waals surface area contributed by atoms with Gasteiger partial charge < -0.3 is 15.5 Å². The number of hydrogen-bond acceptors (Lipinski definition) is 5. The van der Waals surface area contributed by atoms with Gasteiger partial charge in [-0.15, -0.1) is 0 Å². The average molecular weight is 244 g/mol. The lowest BCUT2D eigenvalue weighted by Crippen LogP contribution is -2.44. The van der Waals surface area contributed by atoms with Gasteiger partial charge in [-0.2, -0.15) is 11.8 Å². The lowest BCUT2D eigenvalue weighted by atomic mass is 10.2. The van der Waals surface area contributed by atoms with Crippen LogP contribution in [0.2, 0.25) is 0 Å². The van der Waals surface area contributed by atoms with Gasteiger partial charge in [-0.3, -0.25) is 4.99 Å². The first kappa shape index (κ1) is 13.6. The van der Waals surface area contributed by atoms with Crippen LogP contribution >= 0.6 is 11.8 Å². The Hall–Kier alpha value is -0.420. The number of hydrogen-bond donors (Lipinski definition) is 1. The van der Waals surface area contributed by atoms with E-state index in [-0.39, 0.29) is 0 Å². The lowest BCUT2D eigenvalue weighted by Gasteiger charge is -2.27. The monoisotopic (exact) mass is 244 g/mol. The smallest absolute Gasteiger partial charge is 0.191 e. The molecule has 1 unspecified atom stereocenters. The van der Waals surface area contributed by atoms with Crippen LogP contribution in [-0.4, -0.2) is 67.0 Å². The van der Waals surface area contributed by atoms with Crippen molar-refractivity contribution in [2.75, 3.05) is 45.2 Å². The van der Waals surface area contributed by atoms with Crippen molar-refractivity contribution < 1.29 is 0 Å². The van der Waals surface area contributed by atoms with Crippen molar-refractivity contribution >= 4 is 17.7 Å². The number of guanidine groups is 1. The van der Waals surface area contributed by atoms with E-state index >= 15 is 0 Å². The van der Waals surface area contributed by atoms with E-state index in [1.165, 1.54) is 17.9 Å². The van der Waals surface area contributed by atoms with Crippen molar-refractivity contribution in [1.29, 1.82) is 0 Å². The Bertz CT molecular complexity index is 230. The third-order valence-corrected chi connectivity index (χ3v) is 3.72. The van der Waals surface area contributed by atoms with Gasteiger partial charge in [0.1, 0.15) is 0 Å². The van der Waals surface area contributed by atoms with Gasteiger partial charge in [-0.1, -0.05) is 6.92 Å². The standard InChI is InChI=1S/C11H24N4S/c1-4-16-8-5-10-9-13-11(12)15(10)7-6-14(2)3/h10H,4-9H2,1-3H3,(H2,12,13). The van der Waals surface area contributed by atoms with Gasteiger partial charge in [0.05, 0.1) is 12.6 Å². The van der Waals surface area contributed by atoms with Crippen molar-refractivity contribution in [1.82, 2.24) is 9.80 Å². The number of nitrogens with two attached hydrogens (primary N) is 1. The molecule has 0 fully saturated rings. The van der Waals surface area contributed by atoms with Crippen LogP contribution in [0.3, 0.4) is 0 Å². The zero-order chi connectivity index (χ0) is 12.0. The van der Waals surface area contributed by atoms with Gasteiger partial charge in [-0.25, -0.2) is 0 Å². The number of likely N-dealkylation sites (N-methyl/N-ethyl adjacent to an activating group) is 1. The molecule has 5 heteroatoms. The van der Waals surface area contributed by atoms with Crippen LogP contribution in [0.5, 0.6) is 0 Å². The summed E-state index contributed by atoms with van der Waals surface area (Å²) in [5.41, 5.74) is 5.91. The number of aliphatic imine (C=N–C) groups is 1. The largest absolute Gasteiger partial charge is 0.370 e. The molecule has 1 rings (SSSR count). The minimum absolute atomic E-state index is 0.527. The van der Waals surface area contributed by atoms with E-state index in [4.69, 9.17) is 5.73 Å². The molecule has 0 radical (unpaired) electrons. The third-order valence-electron chi connectivity index (χ3n) is 2.79. The van der Waals surface area contributed by atoms with Gasteiger partial charge >= 0.3 is 0 Å². The molecule has 1 aliphatic heterocycles. The summed E-state index contributed by atoms with van der Waals surface area (Å²) in [7, 11) is 4.18. The summed E-state index contributed by atoms with van der Waals surface area (Å²) < 4.78 is 0. The lowest BCUT2D eigenvalue weighted by molar-refractivity contribution is 0.286. The molecule has 0 aliphatic carbocycles. The summed E-state index contributed by atoms with van der Waals surface area (Å²) in [6, 6.07) is 0.527. The second kappa shape index (κ2) is 7.01. The second-order valence-electron chi connectivity index (χ2n) is 4.33. The summed E-state index contributed by atoms with van der Waals surface area (Å²) in [5, 5.41) is 0. The van der Waals surface area contributed by atoms with Crippen molar-refractivity contribution in [3.05, 3.63) is 0 Å². The second-order valence-corrected chi connectivity index (χ2v) is 5.73. The molecule has 4 nitrogen and oxygen atoms in total. The first-order chi connectivity index (χ1) is 7.65. The Balaban J connectivity index is 2.33. The molecular weight excluding hydrogens is 220 g/mol. The summed E-state index contributed by atoms with van der Waals surface area (Å²) in [6.45, 7) is 5.11. The molecule has 1 aliphatic rings. The van der Waals surface area contributed by atoms with Crippen LogP contribution in [0.1, 0.15) is 13.3 Å². The molecule has 0 aromatic carbocycles. The van der Waals surface area contributed by atoms with Crippen molar-refractivity contribution in [3.63, 3.8) is 0 Å². The maximum absolute atomic E-state index is 5.91. The van der Waals surface area contributed by atoms with Crippen LogP contribution in [0.15, 0.2) is 4.99 Å². The van der Waals surface area contributed by atoms with E-state index in [0.717, 1.165) is 25.6 Å². The van der Waals surface area contributed by atoms with Crippen LogP contribution in [0.4, 0.5) is 0 Å². The quantitative estimate of drug-likeness (QED) is 0.669. The minimum atomic E-state index is 0.527. The fourth-order valence-electron chi connectivity index (χ4n) is 1.79. The molecule has 1 atom stereocenters. The fraction of sp³-hybridized carbons (Fsp3) is 0.909. The Morgan fingerprint density at radius 2 is 2.31 bits per heavy atom. The Morgan fingerprint density at radius 1 is 1.56 bits per heavy atom. The summed E-state index contributed by atoms with van der Waals surface area (Å²) >= 11 is 1.99. The molecular formula is C11H24N4S. The van der Waals surface area contributed by atoms with Gasteiger partial charge in [0.25, 0.3) is 0 Å². The molecule has 0 amide bonds. The molecule has 1 heterocycles. The zero-order valence-electron chi connectivity index (χ0n) is 10.6. The van der Waals surface area contributed by atoms with E-state index in [9.17, 15) is 0 Å². The fourth-order valence-corrected chi connectivity index (χ4v) is 2.52. The molecule has 0 aromatic rings. The molecule has 16 heavy (non-hydrogen) atoms. The Kier molecular flexibility index (Phi) is 5.98. The third kappa shape index (κ3) is 4.22. The highest BCUT2D eigenvalue weighted by Crippen LogP contribution is 2.14. The van der Waals surface area contributed by atoms with E-state index in [2.05, 4.69) is 35.8 Å². The highest BCUT2D eigenvalue weighted by atomic mass is 32.2. The summed E-state index contributed by atoms with van der Waals surface area (Å²) in [6.07, 6.45) is 1.19. The van der Waals surface area contributed by atoms with Crippen LogP contribution in [-0.2, 0) is 0 Å². The average Bonchev–Trinajstić information content (AvgIpc) is 2.57. The van der Waals surface area contributed by atoms with E-state index < -0.39 is 0 Å². The first-order valence-electron chi connectivity index (χ1n) is 5.94. The number of rotatable bonds is 7. The maximum atomic E-state index is 5.91. The van der Waals surface area contributed by atoms with Crippen molar-refractivity contribution in [3.8, 4) is 0 Å². The van der Waals surface area contributed by atoms with Gasteiger partial charge in [0.2, 0.25) is 0 Å². The number of nitrogens with zero attached hydrogens (tertiary/aromatic N) is 3. The predicted octanol–water partition coefficient (Wildman–Crippen LogP) is 0.690. The van der Waals surface area contributed by atoms with Crippen molar-refractivity contribution in [2.24, 2.45) is 10.7 Å². The van der Waals surface area contributed by atoms with Crippen molar-refractivity contribution in [2.45, 2.75) is 19.4 Å². The summed E-state index contributed by atoms with van der Waals surface area (Å²) in [4.78, 5) is 8.79. The molecule has 2 N–H and O–H groups in total. The highest BCUT2D eigenvalue weighted by molar-refractivity contribution is 7.99.